The predicted octanol–water partition coefficient (Wildman–Crippen LogP) is 4.75. The Morgan fingerprint density at radius 1 is 1.09 bits per heavy atom. The van der Waals surface area contributed by atoms with E-state index in [1.54, 1.807) is 56.0 Å². The Morgan fingerprint density at radius 2 is 1.76 bits per heavy atom. The third-order valence-electron chi connectivity index (χ3n) is 5.77. The number of fused-ring (bicyclic) bond motifs is 1. The molecule has 1 atom stereocenters. The summed E-state index contributed by atoms with van der Waals surface area (Å²) in [6.07, 6.45) is 0. The maximum absolute atomic E-state index is 13.9. The van der Waals surface area contributed by atoms with Gasteiger partial charge in [0.25, 0.3) is 5.56 Å². The molecular formula is C25H21Cl2N3O4. The second-order valence-electron chi connectivity index (χ2n) is 7.70. The number of methoxy groups -OCH3 is 2. The molecule has 9 heteroatoms. The highest BCUT2D eigenvalue weighted by Crippen LogP contribution is 2.45. The summed E-state index contributed by atoms with van der Waals surface area (Å²) in [4.78, 5) is 13.9. The number of aromatic nitrogens is 1. The van der Waals surface area contributed by atoms with Gasteiger partial charge >= 0.3 is 0 Å². The highest BCUT2D eigenvalue weighted by atomic mass is 35.5. The van der Waals surface area contributed by atoms with Crippen LogP contribution in [-0.4, -0.2) is 18.8 Å². The van der Waals surface area contributed by atoms with Crippen LogP contribution in [0.3, 0.4) is 0 Å². The lowest BCUT2D eigenvalue weighted by Crippen LogP contribution is -2.33. The van der Waals surface area contributed by atoms with Crippen molar-refractivity contribution >= 4 is 23.2 Å². The van der Waals surface area contributed by atoms with Crippen LogP contribution in [0, 0.1) is 18.3 Å². The molecule has 4 rings (SSSR count). The van der Waals surface area contributed by atoms with Gasteiger partial charge in [-0.05, 0) is 36.8 Å². The zero-order valence-electron chi connectivity index (χ0n) is 18.7. The molecule has 0 amide bonds. The van der Waals surface area contributed by atoms with E-state index in [1.807, 2.05) is 12.1 Å². The number of nitriles is 1. The molecule has 0 fully saturated rings. The van der Waals surface area contributed by atoms with Crippen LogP contribution < -0.4 is 25.5 Å². The smallest absolute Gasteiger partial charge is 0.259 e. The molecule has 0 saturated heterocycles. The highest BCUT2D eigenvalue weighted by Gasteiger charge is 2.36. The lowest BCUT2D eigenvalue weighted by atomic mass is 9.84. The summed E-state index contributed by atoms with van der Waals surface area (Å²) in [7, 11) is 3.11. The summed E-state index contributed by atoms with van der Waals surface area (Å²) in [5, 5.41) is 10.5. The minimum absolute atomic E-state index is 0.0705. The maximum Gasteiger partial charge on any atom is 0.259 e. The molecule has 1 aromatic heterocycles. The molecule has 2 heterocycles. The van der Waals surface area contributed by atoms with E-state index >= 15 is 0 Å². The van der Waals surface area contributed by atoms with Gasteiger partial charge in [-0.1, -0.05) is 35.3 Å². The summed E-state index contributed by atoms with van der Waals surface area (Å²) in [5.74, 6) is 0.438. The summed E-state index contributed by atoms with van der Waals surface area (Å²) in [6.45, 7) is 2.05. The summed E-state index contributed by atoms with van der Waals surface area (Å²) in [5.41, 5.74) is 7.93. The van der Waals surface area contributed by atoms with Crippen LogP contribution in [0.2, 0.25) is 10.0 Å². The van der Waals surface area contributed by atoms with Gasteiger partial charge in [-0.3, -0.25) is 4.79 Å². The summed E-state index contributed by atoms with van der Waals surface area (Å²) in [6, 6.07) is 14.2. The topological polar surface area (TPSA) is 99.5 Å². The molecule has 7 nitrogen and oxygen atoms in total. The monoisotopic (exact) mass is 497 g/mol. The van der Waals surface area contributed by atoms with Crippen molar-refractivity contribution in [2.75, 3.05) is 14.2 Å². The minimum atomic E-state index is -0.875. The van der Waals surface area contributed by atoms with Gasteiger partial charge in [-0.25, -0.2) is 0 Å². The van der Waals surface area contributed by atoms with E-state index in [1.165, 1.54) is 0 Å². The van der Waals surface area contributed by atoms with E-state index in [4.69, 9.17) is 43.1 Å². The first-order chi connectivity index (χ1) is 16.3. The fourth-order valence-corrected chi connectivity index (χ4v) is 4.74. The van der Waals surface area contributed by atoms with Gasteiger partial charge in [-0.15, -0.1) is 0 Å². The minimum Gasteiger partial charge on any atom is -0.493 e. The molecule has 0 unspecified atom stereocenters. The average Bonchev–Trinajstić information content (AvgIpc) is 2.81. The van der Waals surface area contributed by atoms with Crippen LogP contribution in [0.15, 0.2) is 58.7 Å². The van der Waals surface area contributed by atoms with Gasteiger partial charge in [-0.2, -0.15) is 5.26 Å². The largest absolute Gasteiger partial charge is 0.493 e. The molecular weight excluding hydrogens is 477 g/mol. The Morgan fingerprint density at radius 3 is 2.38 bits per heavy atom. The molecule has 0 saturated carbocycles. The first kappa shape index (κ1) is 23.6. The fraction of sp³-hybridized carbons (Fsp3) is 0.200. The predicted molar refractivity (Wildman–Crippen MR) is 130 cm³/mol. The number of nitrogens with zero attached hydrogens (tertiary/aromatic N) is 2. The van der Waals surface area contributed by atoms with Gasteiger partial charge in [0.15, 0.2) is 11.5 Å². The average molecular weight is 498 g/mol. The summed E-state index contributed by atoms with van der Waals surface area (Å²) < 4.78 is 18.0. The quantitative estimate of drug-likeness (QED) is 0.545. The lowest BCUT2D eigenvalue weighted by Gasteiger charge is -2.28. The SMILES string of the molecule is COc1ccc(Cn2c(C)cc3c(c2=O)[C@@H](c2c(Cl)cccc2Cl)C(C#N)=C(N)O3)cc1OC. The Bertz CT molecular complexity index is 1400. The van der Waals surface area contributed by atoms with Crippen molar-refractivity contribution in [2.24, 2.45) is 5.73 Å². The van der Waals surface area contributed by atoms with E-state index in [0.29, 0.717) is 32.8 Å². The van der Waals surface area contributed by atoms with Crippen molar-refractivity contribution in [2.45, 2.75) is 19.4 Å². The third-order valence-corrected chi connectivity index (χ3v) is 6.43. The van der Waals surface area contributed by atoms with Crippen LogP contribution in [-0.2, 0) is 6.54 Å². The Labute approximate surface area is 206 Å². The Balaban J connectivity index is 1.92. The van der Waals surface area contributed by atoms with Gasteiger partial charge in [0.05, 0.1) is 32.2 Å². The molecule has 174 valence electrons. The zero-order valence-corrected chi connectivity index (χ0v) is 20.2. The van der Waals surface area contributed by atoms with E-state index in [9.17, 15) is 10.1 Å². The van der Waals surface area contributed by atoms with E-state index in [2.05, 4.69) is 6.07 Å². The maximum atomic E-state index is 13.9. The molecule has 3 aromatic rings. The normalized spacial score (nSPS) is 14.8. The molecule has 34 heavy (non-hydrogen) atoms. The van der Waals surface area contributed by atoms with Crippen LogP contribution >= 0.6 is 23.2 Å². The number of hydrogen-bond acceptors (Lipinski definition) is 6. The molecule has 2 N–H and O–H groups in total. The van der Waals surface area contributed by atoms with Crippen LogP contribution in [0.1, 0.15) is 28.3 Å². The first-order valence-corrected chi connectivity index (χ1v) is 11.0. The van der Waals surface area contributed by atoms with Crippen LogP contribution in [0.25, 0.3) is 0 Å². The lowest BCUT2D eigenvalue weighted by molar-refractivity contribution is 0.354. The molecule has 2 aromatic carbocycles. The number of allylic oxidation sites excluding steroid dienone is 1. The molecule has 0 aliphatic carbocycles. The molecule has 1 aliphatic heterocycles. The number of benzene rings is 2. The standard InChI is InChI=1S/C25H21Cl2N3O4/c1-13-9-20-23(25(31)30(13)12-14-7-8-18(32-2)19(10-14)33-3)21(15(11-28)24(29)34-20)22-16(26)5-4-6-17(22)27/h4-10,21H,12,29H2,1-3H3/t21-/m1/s1. The second-order valence-corrected chi connectivity index (χ2v) is 8.52. The number of pyridine rings is 1. The van der Waals surface area contributed by atoms with Crippen molar-refractivity contribution < 1.29 is 14.2 Å². The highest BCUT2D eigenvalue weighted by molar-refractivity contribution is 6.36. The fourth-order valence-electron chi connectivity index (χ4n) is 4.12. The van der Waals surface area contributed by atoms with Crippen molar-refractivity contribution in [3.63, 3.8) is 0 Å². The molecule has 0 bridgehead atoms. The van der Waals surface area contributed by atoms with Gasteiger partial charge in [0.2, 0.25) is 5.88 Å². The molecule has 0 radical (unpaired) electrons. The number of rotatable bonds is 5. The number of hydrogen-bond donors (Lipinski definition) is 1. The van der Waals surface area contributed by atoms with Gasteiger partial charge in [0, 0.05) is 27.4 Å². The first-order valence-electron chi connectivity index (χ1n) is 10.3. The number of ether oxygens (including phenoxy) is 3. The van der Waals surface area contributed by atoms with Crippen LogP contribution in [0.5, 0.6) is 17.2 Å². The van der Waals surface area contributed by atoms with Crippen molar-refractivity contribution in [3.05, 3.63) is 96.7 Å². The van der Waals surface area contributed by atoms with E-state index < -0.39 is 5.92 Å². The third kappa shape index (κ3) is 3.96. The molecule has 0 spiro atoms. The van der Waals surface area contributed by atoms with E-state index in [-0.39, 0.29) is 34.9 Å². The number of aryl methyl sites for hydroxylation is 1. The van der Waals surface area contributed by atoms with Gasteiger partial charge in [0.1, 0.15) is 17.4 Å². The van der Waals surface area contributed by atoms with Crippen molar-refractivity contribution in [1.29, 1.82) is 5.26 Å². The van der Waals surface area contributed by atoms with E-state index in [0.717, 1.165) is 5.56 Å². The second kappa shape index (κ2) is 9.34. The number of halogens is 2. The van der Waals surface area contributed by atoms with Crippen molar-refractivity contribution in [1.82, 2.24) is 4.57 Å². The number of nitrogens with two attached hydrogens (primary N) is 1. The van der Waals surface area contributed by atoms with Gasteiger partial charge < -0.3 is 24.5 Å². The summed E-state index contributed by atoms with van der Waals surface area (Å²) >= 11 is 13.0. The zero-order chi connectivity index (χ0) is 24.6. The van der Waals surface area contributed by atoms with Crippen molar-refractivity contribution in [3.8, 4) is 23.3 Å². The Kier molecular flexibility index (Phi) is 6.47. The van der Waals surface area contributed by atoms with Crippen LogP contribution in [0.4, 0.5) is 0 Å². The molecule has 1 aliphatic rings. The Hall–Kier alpha value is -3.60.